The van der Waals surface area contributed by atoms with Gasteiger partial charge in [0.05, 0.1) is 10.9 Å². The van der Waals surface area contributed by atoms with Crippen LogP contribution in [-0.2, 0) is 14.8 Å². The van der Waals surface area contributed by atoms with Crippen LogP contribution in [0.25, 0.3) is 0 Å². The summed E-state index contributed by atoms with van der Waals surface area (Å²) >= 11 is 0. The summed E-state index contributed by atoms with van der Waals surface area (Å²) in [6, 6.07) is 6.86. The summed E-state index contributed by atoms with van der Waals surface area (Å²) in [4.78, 5) is 11.2. The van der Waals surface area contributed by atoms with Crippen LogP contribution in [0.3, 0.4) is 0 Å². The highest BCUT2D eigenvalue weighted by Crippen LogP contribution is 2.07. The molecule has 0 aliphatic carbocycles. The van der Waals surface area contributed by atoms with E-state index in [0.717, 1.165) is 0 Å². The van der Waals surface area contributed by atoms with Gasteiger partial charge in [0.2, 0.25) is 15.8 Å². The third-order valence-corrected chi connectivity index (χ3v) is 3.48. The Labute approximate surface area is 94.7 Å². The molecule has 0 heterocycles. The molecule has 0 amide bonds. The maximum absolute atomic E-state index is 11.7. The van der Waals surface area contributed by atoms with Crippen LogP contribution in [0.1, 0.15) is 6.92 Å². The zero-order chi connectivity index (χ0) is 12.2. The molecule has 0 bridgehead atoms. The van der Waals surface area contributed by atoms with Crippen LogP contribution in [-0.4, -0.2) is 20.2 Å². The Morgan fingerprint density at radius 3 is 2.44 bits per heavy atom. The molecule has 0 saturated carbocycles. The average molecular weight is 237 g/mol. The van der Waals surface area contributed by atoms with Gasteiger partial charge in [-0.1, -0.05) is 18.2 Å². The summed E-state index contributed by atoms with van der Waals surface area (Å²) in [5.74, 6) is 1.28. The second kappa shape index (κ2) is 4.92. The normalized spacial score (nSPS) is 12.8. The van der Waals surface area contributed by atoms with Crippen molar-refractivity contribution in [1.29, 1.82) is 0 Å². The fraction of sp³-hybridized carbons (Fsp3) is 0.182. The Balaban J connectivity index is 2.91. The number of Topliss-reactive ketones (excluding diaryl/α,β-unsaturated/α-hetero) is 1. The minimum Gasteiger partial charge on any atom is -0.283 e. The third kappa shape index (κ3) is 2.92. The molecule has 16 heavy (non-hydrogen) atoms. The summed E-state index contributed by atoms with van der Waals surface area (Å²) < 4.78 is 25.7. The lowest BCUT2D eigenvalue weighted by Gasteiger charge is -2.10. The Morgan fingerprint density at radius 1 is 1.38 bits per heavy atom. The SMILES string of the molecule is C#CC(=O)C(C)NS(=O)(=O)c1ccccc1. The molecular weight excluding hydrogens is 226 g/mol. The number of benzene rings is 1. The molecule has 0 aliphatic rings. The van der Waals surface area contributed by atoms with Gasteiger partial charge in [0.1, 0.15) is 0 Å². The fourth-order valence-corrected chi connectivity index (χ4v) is 2.30. The van der Waals surface area contributed by atoms with Crippen molar-refractivity contribution in [3.8, 4) is 12.3 Å². The van der Waals surface area contributed by atoms with Crippen molar-refractivity contribution in [1.82, 2.24) is 4.72 Å². The van der Waals surface area contributed by atoms with E-state index in [0.29, 0.717) is 0 Å². The highest BCUT2D eigenvalue weighted by molar-refractivity contribution is 7.89. The summed E-state index contributed by atoms with van der Waals surface area (Å²) in [6.07, 6.45) is 4.90. The predicted octanol–water partition coefficient (Wildman–Crippen LogP) is 0.556. The zero-order valence-corrected chi connectivity index (χ0v) is 9.49. The van der Waals surface area contributed by atoms with Gasteiger partial charge in [-0.3, -0.25) is 4.79 Å². The first kappa shape index (κ1) is 12.4. The number of rotatable bonds is 4. The average Bonchev–Trinajstić information content (AvgIpc) is 2.28. The highest BCUT2D eigenvalue weighted by Gasteiger charge is 2.20. The van der Waals surface area contributed by atoms with Crippen LogP contribution in [0.4, 0.5) is 0 Å². The van der Waals surface area contributed by atoms with Crippen LogP contribution in [0.15, 0.2) is 35.2 Å². The minimum atomic E-state index is -3.68. The number of hydrogen-bond acceptors (Lipinski definition) is 3. The number of nitrogens with one attached hydrogen (secondary N) is 1. The van der Waals surface area contributed by atoms with Gasteiger partial charge in [0.25, 0.3) is 0 Å². The van der Waals surface area contributed by atoms with E-state index in [1.54, 1.807) is 18.2 Å². The molecule has 1 aromatic carbocycles. The molecule has 1 rings (SSSR count). The Morgan fingerprint density at radius 2 is 1.94 bits per heavy atom. The number of ketones is 1. The third-order valence-electron chi connectivity index (χ3n) is 1.92. The summed E-state index contributed by atoms with van der Waals surface area (Å²) in [7, 11) is -3.68. The van der Waals surface area contributed by atoms with E-state index in [1.165, 1.54) is 19.1 Å². The van der Waals surface area contributed by atoms with Crippen LogP contribution in [0.2, 0.25) is 0 Å². The van der Waals surface area contributed by atoms with Gasteiger partial charge in [-0.15, -0.1) is 6.42 Å². The molecule has 1 atom stereocenters. The zero-order valence-electron chi connectivity index (χ0n) is 8.67. The maximum atomic E-state index is 11.7. The fourth-order valence-electron chi connectivity index (χ4n) is 1.08. The number of hydrogen-bond donors (Lipinski definition) is 1. The highest BCUT2D eigenvalue weighted by atomic mass is 32.2. The van der Waals surface area contributed by atoms with E-state index in [2.05, 4.69) is 4.72 Å². The van der Waals surface area contributed by atoms with Gasteiger partial charge in [0, 0.05) is 0 Å². The van der Waals surface area contributed by atoms with E-state index < -0.39 is 21.8 Å². The van der Waals surface area contributed by atoms with Crippen molar-refractivity contribution >= 4 is 15.8 Å². The molecule has 0 saturated heterocycles. The monoisotopic (exact) mass is 237 g/mol. The minimum absolute atomic E-state index is 0.103. The molecule has 84 valence electrons. The summed E-state index contributed by atoms with van der Waals surface area (Å²) in [5, 5.41) is 0. The first-order valence-electron chi connectivity index (χ1n) is 4.55. The van der Waals surface area contributed by atoms with E-state index >= 15 is 0 Å². The largest absolute Gasteiger partial charge is 0.283 e. The van der Waals surface area contributed by atoms with Crippen molar-refractivity contribution in [2.45, 2.75) is 17.9 Å². The second-order valence-electron chi connectivity index (χ2n) is 3.16. The van der Waals surface area contributed by atoms with Gasteiger partial charge in [-0.05, 0) is 25.0 Å². The van der Waals surface area contributed by atoms with Crippen LogP contribution < -0.4 is 4.72 Å². The van der Waals surface area contributed by atoms with Gasteiger partial charge in [-0.25, -0.2) is 8.42 Å². The number of sulfonamides is 1. The molecule has 1 unspecified atom stereocenters. The second-order valence-corrected chi connectivity index (χ2v) is 4.88. The lowest BCUT2D eigenvalue weighted by Crippen LogP contribution is -2.37. The lowest BCUT2D eigenvalue weighted by atomic mass is 10.2. The Hall–Kier alpha value is -1.64. The molecule has 5 heteroatoms. The van der Waals surface area contributed by atoms with Crippen LogP contribution in [0, 0.1) is 12.3 Å². The Kier molecular flexibility index (Phi) is 3.82. The summed E-state index contributed by atoms with van der Waals surface area (Å²) in [5.41, 5.74) is 0. The summed E-state index contributed by atoms with van der Waals surface area (Å²) in [6.45, 7) is 1.41. The molecule has 0 aliphatic heterocycles. The molecule has 0 spiro atoms. The van der Waals surface area contributed by atoms with E-state index in [-0.39, 0.29) is 4.90 Å². The molecule has 0 aromatic heterocycles. The molecule has 1 N–H and O–H groups in total. The van der Waals surface area contributed by atoms with E-state index in [4.69, 9.17) is 6.42 Å². The van der Waals surface area contributed by atoms with E-state index in [9.17, 15) is 13.2 Å². The molecule has 0 fully saturated rings. The van der Waals surface area contributed by atoms with Crippen molar-refractivity contribution in [2.75, 3.05) is 0 Å². The smallest absolute Gasteiger partial charge is 0.241 e. The Bertz CT molecular complexity index is 514. The molecule has 0 radical (unpaired) electrons. The van der Waals surface area contributed by atoms with Crippen LogP contribution >= 0.6 is 0 Å². The van der Waals surface area contributed by atoms with Gasteiger partial charge >= 0.3 is 0 Å². The topological polar surface area (TPSA) is 63.2 Å². The molecule has 4 nitrogen and oxygen atoms in total. The lowest BCUT2D eigenvalue weighted by molar-refractivity contribution is -0.114. The van der Waals surface area contributed by atoms with Crippen molar-refractivity contribution in [2.24, 2.45) is 0 Å². The maximum Gasteiger partial charge on any atom is 0.241 e. The van der Waals surface area contributed by atoms with Crippen molar-refractivity contribution in [3.05, 3.63) is 30.3 Å². The predicted molar refractivity (Wildman–Crippen MR) is 60.1 cm³/mol. The van der Waals surface area contributed by atoms with Gasteiger partial charge < -0.3 is 0 Å². The first-order valence-corrected chi connectivity index (χ1v) is 6.03. The van der Waals surface area contributed by atoms with Gasteiger partial charge in [0.15, 0.2) is 0 Å². The number of terminal acetylenes is 1. The van der Waals surface area contributed by atoms with Crippen molar-refractivity contribution < 1.29 is 13.2 Å². The van der Waals surface area contributed by atoms with E-state index in [1.807, 2.05) is 5.92 Å². The first-order chi connectivity index (χ1) is 7.47. The van der Waals surface area contributed by atoms with Gasteiger partial charge in [-0.2, -0.15) is 4.72 Å². The number of carbonyl (C=O) groups is 1. The van der Waals surface area contributed by atoms with Crippen LogP contribution in [0.5, 0.6) is 0 Å². The molecule has 1 aromatic rings. The quantitative estimate of drug-likeness (QED) is 0.614. The molecular formula is C11H11NO3S. The number of carbonyl (C=O) groups excluding carboxylic acids is 1. The van der Waals surface area contributed by atoms with Crippen molar-refractivity contribution in [3.63, 3.8) is 0 Å². The standard InChI is InChI=1S/C11H11NO3S/c1-3-11(13)9(2)12-16(14,15)10-7-5-4-6-8-10/h1,4-9,12H,2H3.